The summed E-state index contributed by atoms with van der Waals surface area (Å²) in [5.41, 5.74) is 3.37. The van der Waals surface area contributed by atoms with Crippen molar-refractivity contribution in [3.05, 3.63) is 80.5 Å². The molecule has 0 saturated carbocycles. The molecule has 136 valence electrons. The van der Waals surface area contributed by atoms with Gasteiger partial charge in [-0.2, -0.15) is 0 Å². The monoisotopic (exact) mass is 387 g/mol. The van der Waals surface area contributed by atoms with Crippen molar-refractivity contribution >= 4 is 22.9 Å². The van der Waals surface area contributed by atoms with Crippen LogP contribution in [0.15, 0.2) is 53.9 Å². The Kier molecular flexibility index (Phi) is 6.56. The third kappa shape index (κ3) is 5.01. The van der Waals surface area contributed by atoms with Gasteiger partial charge in [0.15, 0.2) is 11.5 Å². The van der Waals surface area contributed by atoms with Gasteiger partial charge in [0.25, 0.3) is 0 Å². The van der Waals surface area contributed by atoms with Gasteiger partial charge in [0.2, 0.25) is 0 Å². The van der Waals surface area contributed by atoms with Crippen molar-refractivity contribution in [3.63, 3.8) is 0 Å². The topological polar surface area (TPSA) is 30.5 Å². The zero-order chi connectivity index (χ0) is 18.4. The average molecular weight is 388 g/mol. The van der Waals surface area contributed by atoms with Gasteiger partial charge in [-0.3, -0.25) is 0 Å². The lowest BCUT2D eigenvalue weighted by Crippen LogP contribution is -2.12. The van der Waals surface area contributed by atoms with Crippen LogP contribution < -0.4 is 14.8 Å². The minimum Gasteiger partial charge on any atom is -0.493 e. The van der Waals surface area contributed by atoms with E-state index in [-0.39, 0.29) is 0 Å². The largest absolute Gasteiger partial charge is 0.493 e. The molecule has 0 saturated heterocycles. The van der Waals surface area contributed by atoms with Crippen LogP contribution in [0.4, 0.5) is 0 Å². The van der Waals surface area contributed by atoms with Gasteiger partial charge in [-0.15, -0.1) is 11.3 Å². The highest BCUT2D eigenvalue weighted by molar-refractivity contribution is 7.09. The van der Waals surface area contributed by atoms with Crippen LogP contribution in [0.25, 0.3) is 0 Å². The lowest BCUT2D eigenvalue weighted by Gasteiger charge is -2.15. The van der Waals surface area contributed by atoms with Crippen molar-refractivity contribution in [2.45, 2.75) is 26.6 Å². The maximum absolute atomic E-state index is 6.46. The third-order valence-corrected chi connectivity index (χ3v) is 5.12. The number of halogens is 1. The molecule has 0 radical (unpaired) electrons. The Balaban J connectivity index is 1.66. The minimum atomic E-state index is 0.452. The van der Waals surface area contributed by atoms with E-state index in [0.717, 1.165) is 17.7 Å². The fourth-order valence-corrected chi connectivity index (χ4v) is 3.68. The number of hydrogen-bond donors (Lipinski definition) is 1. The van der Waals surface area contributed by atoms with Gasteiger partial charge < -0.3 is 14.8 Å². The molecule has 0 aliphatic carbocycles. The summed E-state index contributed by atoms with van der Waals surface area (Å²) in [4.78, 5) is 1.31. The summed E-state index contributed by atoms with van der Waals surface area (Å²) in [5.74, 6) is 1.23. The van der Waals surface area contributed by atoms with Crippen molar-refractivity contribution in [2.24, 2.45) is 0 Å². The normalized spacial score (nSPS) is 10.7. The van der Waals surface area contributed by atoms with E-state index in [0.29, 0.717) is 29.7 Å². The average Bonchev–Trinajstić information content (AvgIpc) is 3.14. The number of aryl methyl sites for hydroxylation is 1. The molecule has 2 aromatic carbocycles. The standard InChI is InChI=1S/C21H22ClNO2S/c1-15-5-3-6-16(9-15)14-25-21-19(22)10-17(11-20(21)24-2)12-23-13-18-7-4-8-26-18/h3-11,23H,12-14H2,1-2H3. The quantitative estimate of drug-likeness (QED) is 0.546. The van der Waals surface area contributed by atoms with Crippen LogP contribution in [0, 0.1) is 6.92 Å². The van der Waals surface area contributed by atoms with E-state index in [1.165, 1.54) is 10.4 Å². The van der Waals surface area contributed by atoms with Gasteiger partial charge >= 0.3 is 0 Å². The van der Waals surface area contributed by atoms with E-state index >= 15 is 0 Å². The summed E-state index contributed by atoms with van der Waals surface area (Å²) < 4.78 is 11.4. The molecule has 26 heavy (non-hydrogen) atoms. The van der Waals surface area contributed by atoms with E-state index in [1.54, 1.807) is 18.4 Å². The highest BCUT2D eigenvalue weighted by Crippen LogP contribution is 2.37. The first-order valence-corrected chi connectivity index (χ1v) is 9.69. The SMILES string of the molecule is COc1cc(CNCc2cccs2)cc(Cl)c1OCc1cccc(C)c1. The van der Waals surface area contributed by atoms with Crippen LogP contribution in [0.1, 0.15) is 21.6 Å². The molecule has 3 aromatic rings. The number of methoxy groups -OCH3 is 1. The summed E-state index contributed by atoms with van der Waals surface area (Å²) in [7, 11) is 1.63. The molecule has 0 spiro atoms. The predicted molar refractivity (Wildman–Crippen MR) is 108 cm³/mol. The molecule has 5 heteroatoms. The summed E-state index contributed by atoms with van der Waals surface area (Å²) in [6.07, 6.45) is 0. The van der Waals surface area contributed by atoms with Crippen LogP contribution in [0.5, 0.6) is 11.5 Å². The number of ether oxygens (including phenoxy) is 2. The third-order valence-electron chi connectivity index (χ3n) is 3.96. The molecule has 1 heterocycles. The molecular weight excluding hydrogens is 366 g/mol. The second-order valence-corrected chi connectivity index (χ2v) is 7.51. The molecule has 1 aromatic heterocycles. The fraction of sp³-hybridized carbons (Fsp3) is 0.238. The second-order valence-electron chi connectivity index (χ2n) is 6.07. The Hall–Kier alpha value is -2.01. The Morgan fingerprint density at radius 2 is 1.92 bits per heavy atom. The van der Waals surface area contributed by atoms with Gasteiger partial charge in [-0.1, -0.05) is 47.5 Å². The number of benzene rings is 2. The molecule has 0 fully saturated rings. The first-order chi connectivity index (χ1) is 12.7. The zero-order valence-corrected chi connectivity index (χ0v) is 16.5. The van der Waals surface area contributed by atoms with E-state index in [2.05, 4.69) is 41.9 Å². The van der Waals surface area contributed by atoms with Gasteiger partial charge in [0, 0.05) is 18.0 Å². The van der Waals surface area contributed by atoms with Gasteiger partial charge in [0.05, 0.1) is 12.1 Å². The second kappa shape index (κ2) is 9.08. The summed E-state index contributed by atoms with van der Waals surface area (Å²) in [6, 6.07) is 16.3. The molecule has 0 unspecified atom stereocenters. The van der Waals surface area contributed by atoms with Gasteiger partial charge in [-0.05, 0) is 41.6 Å². The van der Waals surface area contributed by atoms with Gasteiger partial charge in [0.1, 0.15) is 6.61 Å². The maximum atomic E-state index is 6.46. The molecule has 0 aliphatic rings. The zero-order valence-electron chi connectivity index (χ0n) is 14.9. The number of thiophene rings is 1. The number of rotatable bonds is 8. The Labute approximate surface area is 163 Å². The number of nitrogens with one attached hydrogen (secondary N) is 1. The molecule has 3 rings (SSSR count). The molecule has 0 amide bonds. The molecule has 3 nitrogen and oxygen atoms in total. The smallest absolute Gasteiger partial charge is 0.180 e. The highest BCUT2D eigenvalue weighted by atomic mass is 35.5. The van der Waals surface area contributed by atoms with Crippen molar-refractivity contribution in [2.75, 3.05) is 7.11 Å². The van der Waals surface area contributed by atoms with E-state index in [1.807, 2.05) is 24.3 Å². The molecule has 1 N–H and O–H groups in total. The Morgan fingerprint density at radius 1 is 1.04 bits per heavy atom. The van der Waals surface area contributed by atoms with Crippen LogP contribution >= 0.6 is 22.9 Å². The first kappa shape index (κ1) is 18.8. The van der Waals surface area contributed by atoms with Crippen LogP contribution in [-0.2, 0) is 19.7 Å². The molecule has 0 atom stereocenters. The van der Waals surface area contributed by atoms with Crippen LogP contribution in [0.2, 0.25) is 5.02 Å². The Morgan fingerprint density at radius 3 is 2.65 bits per heavy atom. The van der Waals surface area contributed by atoms with Crippen molar-refractivity contribution < 1.29 is 9.47 Å². The van der Waals surface area contributed by atoms with Crippen LogP contribution in [-0.4, -0.2) is 7.11 Å². The molecule has 0 aliphatic heterocycles. The fourth-order valence-electron chi connectivity index (χ4n) is 2.72. The predicted octanol–water partition coefficient (Wildman–Crippen LogP) is 5.59. The lowest BCUT2D eigenvalue weighted by molar-refractivity contribution is 0.284. The van der Waals surface area contributed by atoms with Gasteiger partial charge in [-0.25, -0.2) is 0 Å². The van der Waals surface area contributed by atoms with Crippen LogP contribution in [0.3, 0.4) is 0 Å². The highest BCUT2D eigenvalue weighted by Gasteiger charge is 2.12. The summed E-state index contributed by atoms with van der Waals surface area (Å²) in [5, 5.41) is 6.06. The minimum absolute atomic E-state index is 0.452. The van der Waals surface area contributed by atoms with Crippen molar-refractivity contribution in [1.82, 2.24) is 5.32 Å². The lowest BCUT2D eigenvalue weighted by atomic mass is 10.1. The Bertz CT molecular complexity index is 849. The first-order valence-electron chi connectivity index (χ1n) is 8.43. The van der Waals surface area contributed by atoms with Crippen molar-refractivity contribution in [3.8, 4) is 11.5 Å². The van der Waals surface area contributed by atoms with E-state index < -0.39 is 0 Å². The summed E-state index contributed by atoms with van der Waals surface area (Å²) in [6.45, 7) is 4.07. The maximum Gasteiger partial charge on any atom is 0.180 e. The van der Waals surface area contributed by atoms with E-state index in [4.69, 9.17) is 21.1 Å². The van der Waals surface area contributed by atoms with Crippen molar-refractivity contribution in [1.29, 1.82) is 0 Å². The number of hydrogen-bond acceptors (Lipinski definition) is 4. The molecular formula is C21H22ClNO2S. The van der Waals surface area contributed by atoms with E-state index in [9.17, 15) is 0 Å². The molecule has 0 bridgehead atoms. The summed E-state index contributed by atoms with van der Waals surface area (Å²) >= 11 is 8.20.